The first-order valence-corrected chi connectivity index (χ1v) is 11.0. The van der Waals surface area contributed by atoms with Crippen molar-refractivity contribution in [2.75, 3.05) is 13.1 Å². The van der Waals surface area contributed by atoms with Crippen LogP contribution in [0.2, 0.25) is 5.02 Å². The number of hydrogen-bond acceptors (Lipinski definition) is 4. The molecule has 0 saturated heterocycles. The lowest BCUT2D eigenvalue weighted by Gasteiger charge is -2.32. The largest absolute Gasteiger partial charge is 0.472 e. The highest BCUT2D eigenvalue weighted by atomic mass is 35.5. The molecule has 8 heteroatoms. The molecule has 1 atom stereocenters. The summed E-state index contributed by atoms with van der Waals surface area (Å²) in [4.78, 5) is 22.2. The van der Waals surface area contributed by atoms with Crippen LogP contribution in [0.25, 0.3) is 0 Å². The zero-order chi connectivity index (χ0) is 19.0. The van der Waals surface area contributed by atoms with Crippen LogP contribution in [0.15, 0.2) is 36.7 Å². The van der Waals surface area contributed by atoms with E-state index < -0.39 is 14.2 Å². The maximum atomic E-state index is 11.3. The van der Waals surface area contributed by atoms with Crippen molar-refractivity contribution in [3.63, 3.8) is 0 Å². The van der Waals surface area contributed by atoms with Crippen molar-refractivity contribution in [2.45, 2.75) is 51.8 Å². The van der Waals surface area contributed by atoms with E-state index in [1.165, 1.54) is 5.56 Å². The number of halogens is 1. The molecule has 0 fully saturated rings. The standard InChI is InChI=1S/C18H28ClN2O4P/c1-2-3-5-12-20-14-15-21(18(20)25-26(22,23)24)13-6-4-7-16-8-10-17(19)11-9-16/h8-11,14-15,18H,2-7,12-13H2,1H3,(H2,22,23,24). The lowest BCUT2D eigenvalue weighted by atomic mass is 10.1. The quantitative estimate of drug-likeness (QED) is 0.424. The van der Waals surface area contributed by atoms with E-state index >= 15 is 0 Å². The molecule has 26 heavy (non-hydrogen) atoms. The van der Waals surface area contributed by atoms with Crippen LogP contribution in [0.1, 0.15) is 44.6 Å². The summed E-state index contributed by atoms with van der Waals surface area (Å²) in [6.07, 6.45) is 8.93. The maximum Gasteiger partial charge on any atom is 0.472 e. The fourth-order valence-electron chi connectivity index (χ4n) is 2.94. The maximum absolute atomic E-state index is 11.3. The Labute approximate surface area is 160 Å². The highest BCUT2D eigenvalue weighted by molar-refractivity contribution is 7.46. The summed E-state index contributed by atoms with van der Waals surface area (Å²) in [6, 6.07) is 7.82. The predicted octanol–water partition coefficient (Wildman–Crippen LogP) is 4.33. The summed E-state index contributed by atoms with van der Waals surface area (Å²) in [5.74, 6) is 0. The molecule has 6 nitrogen and oxygen atoms in total. The molecule has 0 aromatic heterocycles. The van der Waals surface area contributed by atoms with E-state index in [4.69, 9.17) is 16.1 Å². The number of phosphoric ester groups is 1. The Kier molecular flexibility index (Phi) is 8.45. The molecule has 1 aromatic carbocycles. The summed E-state index contributed by atoms with van der Waals surface area (Å²) < 4.78 is 16.4. The normalized spacial score (nSPS) is 17.3. The van der Waals surface area contributed by atoms with E-state index in [2.05, 4.69) is 6.92 Å². The molecule has 1 heterocycles. The van der Waals surface area contributed by atoms with Gasteiger partial charge in [0.05, 0.1) is 0 Å². The summed E-state index contributed by atoms with van der Waals surface area (Å²) in [6.45, 7) is 3.52. The van der Waals surface area contributed by atoms with Gasteiger partial charge in [-0.3, -0.25) is 0 Å². The fourth-order valence-corrected chi connectivity index (χ4v) is 3.56. The minimum absolute atomic E-state index is 0.680. The third-order valence-corrected chi connectivity index (χ3v) is 5.03. The summed E-state index contributed by atoms with van der Waals surface area (Å²) in [7, 11) is -4.56. The van der Waals surface area contributed by atoms with Crippen molar-refractivity contribution in [1.29, 1.82) is 0 Å². The number of hydrogen-bond donors (Lipinski definition) is 2. The minimum Gasteiger partial charge on any atom is -0.334 e. The van der Waals surface area contributed by atoms with Gasteiger partial charge in [0.25, 0.3) is 0 Å². The van der Waals surface area contributed by atoms with Gasteiger partial charge in [-0.15, -0.1) is 0 Å². The van der Waals surface area contributed by atoms with E-state index in [0.29, 0.717) is 6.54 Å². The summed E-state index contributed by atoms with van der Waals surface area (Å²) >= 11 is 5.89. The van der Waals surface area contributed by atoms with E-state index in [1.54, 1.807) is 0 Å². The van der Waals surface area contributed by atoms with Crippen LogP contribution >= 0.6 is 19.4 Å². The lowest BCUT2D eigenvalue weighted by Crippen LogP contribution is -2.41. The van der Waals surface area contributed by atoms with E-state index in [1.807, 2.05) is 46.5 Å². The molecule has 0 saturated carbocycles. The molecule has 1 aliphatic rings. The van der Waals surface area contributed by atoms with Gasteiger partial charge >= 0.3 is 7.82 Å². The van der Waals surface area contributed by atoms with Gasteiger partial charge in [0.1, 0.15) is 0 Å². The molecule has 0 spiro atoms. The van der Waals surface area contributed by atoms with E-state index in [0.717, 1.165) is 50.1 Å². The molecule has 2 N–H and O–H groups in total. The van der Waals surface area contributed by atoms with Crippen LogP contribution in [0.3, 0.4) is 0 Å². The fraction of sp³-hybridized carbons (Fsp3) is 0.556. The number of phosphoric acid groups is 1. The highest BCUT2D eigenvalue weighted by Crippen LogP contribution is 2.40. The molecular weight excluding hydrogens is 375 g/mol. The van der Waals surface area contributed by atoms with Crippen LogP contribution in [0.5, 0.6) is 0 Å². The first-order valence-electron chi connectivity index (χ1n) is 9.07. The van der Waals surface area contributed by atoms with Crippen LogP contribution in [0, 0.1) is 0 Å². The Morgan fingerprint density at radius 3 is 2.15 bits per heavy atom. The second-order valence-corrected chi connectivity index (χ2v) is 8.12. The predicted molar refractivity (Wildman–Crippen MR) is 103 cm³/mol. The van der Waals surface area contributed by atoms with Gasteiger partial charge in [0, 0.05) is 30.5 Å². The molecule has 1 unspecified atom stereocenters. The van der Waals surface area contributed by atoms with Crippen molar-refractivity contribution in [1.82, 2.24) is 9.80 Å². The summed E-state index contributed by atoms with van der Waals surface area (Å²) in [5.41, 5.74) is 1.23. The summed E-state index contributed by atoms with van der Waals surface area (Å²) in [5, 5.41) is 0.733. The SMILES string of the molecule is CCCCCN1C=CN(CCCCc2ccc(Cl)cc2)C1OP(=O)(O)O. The van der Waals surface area contributed by atoms with Crippen molar-refractivity contribution in [3.05, 3.63) is 47.3 Å². The van der Waals surface area contributed by atoms with Crippen molar-refractivity contribution in [2.24, 2.45) is 0 Å². The number of nitrogens with zero attached hydrogens (tertiary/aromatic N) is 2. The topological polar surface area (TPSA) is 73.2 Å². The molecule has 146 valence electrons. The number of aryl methyl sites for hydroxylation is 1. The molecule has 0 bridgehead atoms. The van der Waals surface area contributed by atoms with Gasteiger partial charge in [-0.25, -0.2) is 9.09 Å². The Balaban J connectivity index is 1.82. The van der Waals surface area contributed by atoms with E-state index in [-0.39, 0.29) is 0 Å². The van der Waals surface area contributed by atoms with Crippen LogP contribution in [0.4, 0.5) is 0 Å². The monoisotopic (exact) mass is 402 g/mol. The zero-order valence-electron chi connectivity index (χ0n) is 15.1. The molecule has 0 radical (unpaired) electrons. The second-order valence-electron chi connectivity index (χ2n) is 6.49. The van der Waals surface area contributed by atoms with Crippen molar-refractivity contribution >= 4 is 19.4 Å². The molecular formula is C18H28ClN2O4P. The average molecular weight is 403 g/mol. The molecule has 1 aliphatic heterocycles. The van der Waals surface area contributed by atoms with Crippen molar-refractivity contribution in [3.8, 4) is 0 Å². The highest BCUT2D eigenvalue weighted by Gasteiger charge is 2.32. The Hall–Kier alpha value is -1.04. The Morgan fingerprint density at radius 1 is 1.04 bits per heavy atom. The van der Waals surface area contributed by atoms with Gasteiger partial charge in [-0.05, 0) is 43.4 Å². The van der Waals surface area contributed by atoms with Gasteiger partial charge in [0.2, 0.25) is 6.35 Å². The van der Waals surface area contributed by atoms with Crippen LogP contribution in [-0.4, -0.2) is 39.0 Å². The van der Waals surface area contributed by atoms with Crippen molar-refractivity contribution < 1.29 is 18.9 Å². The molecule has 0 aliphatic carbocycles. The van der Waals surface area contributed by atoms with Gasteiger partial charge in [0.15, 0.2) is 0 Å². The third-order valence-electron chi connectivity index (χ3n) is 4.31. The third kappa shape index (κ3) is 7.29. The molecule has 1 aromatic rings. The van der Waals surface area contributed by atoms with Gasteiger partial charge in [-0.2, -0.15) is 0 Å². The van der Waals surface area contributed by atoms with Gasteiger partial charge < -0.3 is 19.6 Å². The molecule has 2 rings (SSSR count). The molecule has 0 amide bonds. The number of benzene rings is 1. The zero-order valence-corrected chi connectivity index (χ0v) is 16.8. The lowest BCUT2D eigenvalue weighted by molar-refractivity contribution is -0.0445. The minimum atomic E-state index is -4.56. The average Bonchev–Trinajstić information content (AvgIpc) is 2.94. The Morgan fingerprint density at radius 2 is 1.62 bits per heavy atom. The number of unbranched alkanes of at least 4 members (excludes halogenated alkanes) is 3. The van der Waals surface area contributed by atoms with Crippen LogP contribution < -0.4 is 0 Å². The van der Waals surface area contributed by atoms with E-state index in [9.17, 15) is 14.4 Å². The van der Waals surface area contributed by atoms with Gasteiger partial charge in [-0.1, -0.05) is 43.5 Å². The Bertz CT molecular complexity index is 620. The smallest absolute Gasteiger partial charge is 0.334 e. The second kappa shape index (κ2) is 10.3. The first-order chi connectivity index (χ1) is 12.4. The first kappa shape index (κ1) is 21.3. The van der Waals surface area contributed by atoms with Crippen LogP contribution in [-0.2, 0) is 15.5 Å². The number of rotatable bonds is 11.